The number of nitrogens with zero attached hydrogens (tertiary/aromatic N) is 1. The van der Waals surface area contributed by atoms with Crippen molar-refractivity contribution in [2.24, 2.45) is 5.10 Å². The molecule has 0 aliphatic heterocycles. The predicted octanol–water partition coefficient (Wildman–Crippen LogP) is 3.19. The number of rotatable bonds is 3. The lowest BCUT2D eigenvalue weighted by Gasteiger charge is -2.03. The molecule has 5 nitrogen and oxygen atoms in total. The number of hydrazone groups is 1. The highest BCUT2D eigenvalue weighted by atomic mass is 79.9. The Morgan fingerprint density at radius 3 is 2.50 bits per heavy atom. The molecule has 0 unspecified atom stereocenters. The lowest BCUT2D eigenvalue weighted by atomic mass is 10.2. The first-order valence-electron chi connectivity index (χ1n) is 6.20. The number of hydrogen-bond donors (Lipinski definition) is 2. The van der Waals surface area contributed by atoms with Gasteiger partial charge in [0.1, 0.15) is 0 Å². The average Bonchev–Trinajstić information content (AvgIpc) is 2.49. The molecule has 0 saturated heterocycles. The number of carbonyl (C=O) groups is 2. The molecule has 0 aromatic heterocycles. The highest BCUT2D eigenvalue weighted by molar-refractivity contribution is 9.10. The highest BCUT2D eigenvalue weighted by Crippen LogP contribution is 2.13. The van der Waals surface area contributed by atoms with Crippen molar-refractivity contribution in [1.82, 2.24) is 5.43 Å². The van der Waals surface area contributed by atoms with E-state index in [1.165, 1.54) is 6.21 Å². The van der Waals surface area contributed by atoms with Gasteiger partial charge in [0, 0.05) is 15.2 Å². The van der Waals surface area contributed by atoms with Crippen molar-refractivity contribution in [3.05, 3.63) is 63.6 Å². The predicted molar refractivity (Wildman–Crippen MR) is 90.0 cm³/mol. The van der Waals surface area contributed by atoms with Gasteiger partial charge < -0.3 is 5.32 Å². The molecule has 2 aromatic carbocycles. The van der Waals surface area contributed by atoms with Crippen LogP contribution in [0.15, 0.2) is 58.1 Å². The second-order valence-corrected chi connectivity index (χ2v) is 5.57. The molecule has 0 radical (unpaired) electrons. The molecule has 0 bridgehead atoms. The van der Waals surface area contributed by atoms with Crippen LogP contribution in [0.3, 0.4) is 0 Å². The minimum atomic E-state index is -0.860. The van der Waals surface area contributed by atoms with E-state index in [-0.39, 0.29) is 0 Å². The monoisotopic (exact) mass is 379 g/mol. The summed E-state index contributed by atoms with van der Waals surface area (Å²) in [6, 6.07) is 13.8. The molecule has 0 saturated carbocycles. The fraction of sp³-hybridized carbons (Fsp3) is 0. The van der Waals surface area contributed by atoms with E-state index in [1.54, 1.807) is 48.5 Å². The Morgan fingerprint density at radius 1 is 1.09 bits per heavy atom. The van der Waals surface area contributed by atoms with Crippen molar-refractivity contribution in [2.75, 3.05) is 5.32 Å². The highest BCUT2D eigenvalue weighted by Gasteiger charge is 2.12. The second kappa shape index (κ2) is 7.72. The van der Waals surface area contributed by atoms with E-state index < -0.39 is 11.8 Å². The summed E-state index contributed by atoms with van der Waals surface area (Å²) in [5, 5.41) is 6.73. The van der Waals surface area contributed by atoms with Gasteiger partial charge in [-0.2, -0.15) is 5.10 Å². The number of carbonyl (C=O) groups excluding carboxylic acids is 2. The second-order valence-electron chi connectivity index (χ2n) is 4.22. The Labute approximate surface area is 140 Å². The fourth-order valence-corrected chi connectivity index (χ4v) is 1.99. The average molecular weight is 381 g/mol. The van der Waals surface area contributed by atoms with Crippen LogP contribution in [0.1, 0.15) is 5.56 Å². The number of amides is 2. The van der Waals surface area contributed by atoms with Crippen molar-refractivity contribution in [3.63, 3.8) is 0 Å². The van der Waals surface area contributed by atoms with Gasteiger partial charge in [-0.05, 0) is 42.0 Å². The fourth-order valence-electron chi connectivity index (χ4n) is 1.52. The SMILES string of the molecule is O=C(N/N=C/c1cccc(Cl)c1)C(=O)Nc1ccc(Br)cc1. The third kappa shape index (κ3) is 4.98. The lowest BCUT2D eigenvalue weighted by Crippen LogP contribution is -2.32. The van der Waals surface area contributed by atoms with Crippen LogP contribution in [0.25, 0.3) is 0 Å². The van der Waals surface area contributed by atoms with E-state index in [0.29, 0.717) is 16.3 Å². The van der Waals surface area contributed by atoms with Crippen LogP contribution in [0.4, 0.5) is 5.69 Å². The minimum absolute atomic E-state index is 0.516. The zero-order valence-electron chi connectivity index (χ0n) is 11.2. The van der Waals surface area contributed by atoms with E-state index >= 15 is 0 Å². The van der Waals surface area contributed by atoms with Crippen molar-refractivity contribution in [2.45, 2.75) is 0 Å². The summed E-state index contributed by atoms with van der Waals surface area (Å²) in [7, 11) is 0. The number of nitrogens with one attached hydrogen (secondary N) is 2. The normalized spacial score (nSPS) is 10.5. The van der Waals surface area contributed by atoms with Gasteiger partial charge >= 0.3 is 11.8 Å². The minimum Gasteiger partial charge on any atom is -0.318 e. The standard InChI is InChI=1S/C15H11BrClN3O2/c16-11-4-6-13(7-5-11)19-14(21)15(22)20-18-9-10-2-1-3-12(17)8-10/h1-9H,(H,19,21)(H,20,22)/b18-9+. The maximum atomic E-state index is 11.7. The lowest BCUT2D eigenvalue weighted by molar-refractivity contribution is -0.136. The maximum Gasteiger partial charge on any atom is 0.329 e. The molecule has 0 aliphatic rings. The first kappa shape index (κ1) is 16.2. The van der Waals surface area contributed by atoms with Crippen molar-refractivity contribution in [3.8, 4) is 0 Å². The van der Waals surface area contributed by atoms with Crippen molar-refractivity contribution in [1.29, 1.82) is 0 Å². The van der Waals surface area contributed by atoms with Gasteiger partial charge in [0.05, 0.1) is 6.21 Å². The number of hydrogen-bond acceptors (Lipinski definition) is 3. The molecule has 22 heavy (non-hydrogen) atoms. The van der Waals surface area contributed by atoms with Gasteiger partial charge in [0.25, 0.3) is 0 Å². The molecule has 0 aliphatic carbocycles. The number of halogens is 2. The van der Waals surface area contributed by atoms with Gasteiger partial charge in [-0.15, -0.1) is 0 Å². The molecule has 0 fully saturated rings. The van der Waals surface area contributed by atoms with Crippen LogP contribution in [0, 0.1) is 0 Å². The summed E-state index contributed by atoms with van der Waals surface area (Å²) in [5.41, 5.74) is 3.37. The molecule has 2 N–H and O–H groups in total. The number of benzene rings is 2. The zero-order valence-corrected chi connectivity index (χ0v) is 13.6. The Bertz CT molecular complexity index is 717. The molecule has 2 amide bonds. The summed E-state index contributed by atoms with van der Waals surface area (Å²) >= 11 is 9.10. The molecule has 0 heterocycles. The molecule has 0 spiro atoms. The van der Waals surface area contributed by atoms with Crippen molar-refractivity contribution < 1.29 is 9.59 Å². The van der Waals surface area contributed by atoms with E-state index in [4.69, 9.17) is 11.6 Å². The largest absolute Gasteiger partial charge is 0.329 e. The smallest absolute Gasteiger partial charge is 0.318 e. The van der Waals surface area contributed by atoms with Crippen LogP contribution in [-0.2, 0) is 9.59 Å². The molecular weight excluding hydrogens is 370 g/mol. The van der Waals surface area contributed by atoms with Gasteiger partial charge in [-0.3, -0.25) is 9.59 Å². The maximum absolute atomic E-state index is 11.7. The Kier molecular flexibility index (Phi) is 5.68. The molecule has 7 heteroatoms. The van der Waals surface area contributed by atoms with Crippen molar-refractivity contribution >= 4 is 51.2 Å². The van der Waals surface area contributed by atoms with Gasteiger partial charge in [0.2, 0.25) is 0 Å². The van der Waals surface area contributed by atoms with Gasteiger partial charge in [-0.25, -0.2) is 5.43 Å². The third-order valence-electron chi connectivity index (χ3n) is 2.54. The van der Waals surface area contributed by atoms with Crippen LogP contribution < -0.4 is 10.7 Å². The topological polar surface area (TPSA) is 70.6 Å². The molecule has 112 valence electrons. The molecule has 0 atom stereocenters. The van der Waals surface area contributed by atoms with Crippen LogP contribution in [0.2, 0.25) is 5.02 Å². The summed E-state index contributed by atoms with van der Waals surface area (Å²) in [6.45, 7) is 0. The first-order valence-corrected chi connectivity index (χ1v) is 7.37. The molecular formula is C15H11BrClN3O2. The summed E-state index contributed by atoms with van der Waals surface area (Å²) < 4.78 is 0.876. The quantitative estimate of drug-likeness (QED) is 0.488. The summed E-state index contributed by atoms with van der Waals surface area (Å²) in [5.74, 6) is -1.66. The summed E-state index contributed by atoms with van der Waals surface area (Å²) in [6.07, 6.45) is 1.40. The van der Waals surface area contributed by atoms with E-state index in [2.05, 4.69) is 31.8 Å². The van der Waals surface area contributed by atoms with Crippen LogP contribution >= 0.6 is 27.5 Å². The number of anilines is 1. The molecule has 2 aromatic rings. The van der Waals surface area contributed by atoms with Crippen LogP contribution in [-0.4, -0.2) is 18.0 Å². The Hall–Kier alpha value is -2.18. The molecule has 2 rings (SSSR count). The summed E-state index contributed by atoms with van der Waals surface area (Å²) in [4.78, 5) is 23.3. The first-order chi connectivity index (χ1) is 10.5. The zero-order chi connectivity index (χ0) is 15.9. The van der Waals surface area contributed by atoms with E-state index in [1.807, 2.05) is 0 Å². The van der Waals surface area contributed by atoms with E-state index in [9.17, 15) is 9.59 Å². The Balaban J connectivity index is 1.89. The van der Waals surface area contributed by atoms with Crippen LogP contribution in [0.5, 0.6) is 0 Å². The third-order valence-corrected chi connectivity index (χ3v) is 3.30. The van der Waals surface area contributed by atoms with Gasteiger partial charge in [-0.1, -0.05) is 39.7 Å². The van der Waals surface area contributed by atoms with E-state index in [0.717, 1.165) is 4.47 Å². The van der Waals surface area contributed by atoms with Gasteiger partial charge in [0.15, 0.2) is 0 Å². The Morgan fingerprint density at radius 2 is 1.82 bits per heavy atom.